The van der Waals surface area contributed by atoms with Gasteiger partial charge in [0.15, 0.2) is 0 Å². The summed E-state index contributed by atoms with van der Waals surface area (Å²) in [6, 6.07) is 6.82. The highest BCUT2D eigenvalue weighted by atomic mass is 35.5. The molecule has 252 valence electrons. The first kappa shape index (κ1) is 35.0. The quantitative estimate of drug-likeness (QED) is 0.0761. The fourth-order valence-corrected chi connectivity index (χ4v) is 4.88. The van der Waals surface area contributed by atoms with Gasteiger partial charge < -0.3 is 39.7 Å². The molecule has 3 aromatic rings. The van der Waals surface area contributed by atoms with Crippen LogP contribution in [0, 0.1) is 10.1 Å². The van der Waals surface area contributed by atoms with Crippen molar-refractivity contribution in [1.82, 2.24) is 25.3 Å². The SMILES string of the molecule is COc1ccc(CNc2nc(N3CCC[C@H]3COC(=O)CCOC[C@H](O)CO[N+](=O)[O-])ncc2C(=O)NCc2ncccn2)cc1Cl. The molecule has 17 nitrogen and oxygen atoms in total. The Morgan fingerprint density at radius 2 is 2.02 bits per heavy atom. The van der Waals surface area contributed by atoms with Gasteiger partial charge in [-0.3, -0.25) is 9.59 Å². The average molecular weight is 675 g/mol. The van der Waals surface area contributed by atoms with Crippen LogP contribution in [0.25, 0.3) is 0 Å². The number of methoxy groups -OCH3 is 1. The number of carbonyl (C=O) groups excluding carboxylic acids is 2. The molecule has 0 saturated carbocycles. The molecular weight excluding hydrogens is 640 g/mol. The molecule has 0 spiro atoms. The molecule has 0 aliphatic carbocycles. The van der Waals surface area contributed by atoms with E-state index >= 15 is 0 Å². The topological polar surface area (TPSA) is 213 Å². The Balaban J connectivity index is 1.38. The minimum atomic E-state index is -1.20. The van der Waals surface area contributed by atoms with Gasteiger partial charge in [0.2, 0.25) is 5.95 Å². The van der Waals surface area contributed by atoms with Gasteiger partial charge in [0.1, 0.15) is 42.3 Å². The number of aromatic nitrogens is 4. The average Bonchev–Trinajstić information content (AvgIpc) is 3.55. The smallest absolute Gasteiger partial charge is 0.308 e. The van der Waals surface area contributed by atoms with E-state index in [0.717, 1.165) is 18.4 Å². The lowest BCUT2D eigenvalue weighted by Gasteiger charge is -2.25. The molecule has 0 unspecified atom stereocenters. The van der Waals surface area contributed by atoms with E-state index in [-0.39, 0.29) is 44.4 Å². The molecule has 3 heterocycles. The Morgan fingerprint density at radius 3 is 2.77 bits per heavy atom. The lowest BCUT2D eigenvalue weighted by molar-refractivity contribution is -0.759. The number of hydrogen-bond acceptors (Lipinski definition) is 15. The second kappa shape index (κ2) is 17.7. The Bertz CT molecular complexity index is 1500. The summed E-state index contributed by atoms with van der Waals surface area (Å²) in [6.45, 7) is 0.290. The number of esters is 1. The zero-order valence-corrected chi connectivity index (χ0v) is 26.3. The van der Waals surface area contributed by atoms with E-state index in [1.165, 1.54) is 13.3 Å². The number of hydrogen-bond donors (Lipinski definition) is 3. The first-order valence-corrected chi connectivity index (χ1v) is 15.0. The van der Waals surface area contributed by atoms with E-state index in [2.05, 4.69) is 30.4 Å². The first-order chi connectivity index (χ1) is 22.7. The van der Waals surface area contributed by atoms with Gasteiger partial charge >= 0.3 is 5.97 Å². The Morgan fingerprint density at radius 1 is 1.21 bits per heavy atom. The molecule has 4 rings (SSSR count). The summed E-state index contributed by atoms with van der Waals surface area (Å²) in [5, 5.41) is 25.2. The third-order valence-corrected chi connectivity index (χ3v) is 7.22. The van der Waals surface area contributed by atoms with Crippen LogP contribution in [0.5, 0.6) is 5.75 Å². The molecule has 1 fully saturated rings. The van der Waals surface area contributed by atoms with Gasteiger partial charge in [-0.25, -0.2) is 15.0 Å². The fraction of sp³-hybridized carbons (Fsp3) is 0.448. The van der Waals surface area contributed by atoms with Crippen molar-refractivity contribution < 1.29 is 38.8 Å². The number of aliphatic hydroxyl groups is 1. The van der Waals surface area contributed by atoms with Crippen LogP contribution in [0.2, 0.25) is 5.02 Å². The van der Waals surface area contributed by atoms with Crippen LogP contribution in [0.15, 0.2) is 42.9 Å². The summed E-state index contributed by atoms with van der Waals surface area (Å²) in [5.41, 5.74) is 1.04. The summed E-state index contributed by atoms with van der Waals surface area (Å²) < 4.78 is 15.9. The highest BCUT2D eigenvalue weighted by Gasteiger charge is 2.29. The molecule has 1 amide bonds. The van der Waals surface area contributed by atoms with Crippen molar-refractivity contribution in [3.05, 3.63) is 74.9 Å². The highest BCUT2D eigenvalue weighted by Crippen LogP contribution is 2.27. The highest BCUT2D eigenvalue weighted by molar-refractivity contribution is 6.32. The van der Waals surface area contributed by atoms with Gasteiger partial charge in [0, 0.05) is 31.7 Å². The normalized spacial score (nSPS) is 14.7. The van der Waals surface area contributed by atoms with E-state index in [0.29, 0.717) is 41.5 Å². The van der Waals surface area contributed by atoms with E-state index in [9.17, 15) is 24.8 Å². The van der Waals surface area contributed by atoms with Crippen LogP contribution < -0.4 is 20.3 Å². The number of benzene rings is 1. The van der Waals surface area contributed by atoms with Gasteiger partial charge in [-0.15, -0.1) is 10.1 Å². The molecule has 2 atom stereocenters. The third-order valence-electron chi connectivity index (χ3n) is 6.93. The molecule has 1 aliphatic rings. The number of anilines is 2. The van der Waals surface area contributed by atoms with Crippen LogP contribution in [0.3, 0.4) is 0 Å². The van der Waals surface area contributed by atoms with Crippen LogP contribution in [0.4, 0.5) is 11.8 Å². The zero-order chi connectivity index (χ0) is 33.6. The monoisotopic (exact) mass is 674 g/mol. The number of nitrogens with zero attached hydrogens (tertiary/aromatic N) is 6. The molecule has 0 radical (unpaired) electrons. The molecule has 3 N–H and O–H groups in total. The van der Waals surface area contributed by atoms with E-state index in [1.54, 1.807) is 30.6 Å². The van der Waals surface area contributed by atoms with Crippen LogP contribution >= 0.6 is 11.6 Å². The number of halogens is 1. The van der Waals surface area contributed by atoms with Crippen molar-refractivity contribution in [1.29, 1.82) is 0 Å². The Hall–Kier alpha value is -4.87. The standard InChI is InChI=1S/C29H35ClN8O9/c1-44-24-6-5-19(12-23(24)30)13-33-27-22(28(41)34-15-25-31-8-3-9-32-25)14-35-29(36-27)37-10-2-4-20(37)16-46-26(40)7-11-45-17-21(39)18-47-38(42)43/h3,5-6,8-9,12,14,20-21,39H,2,4,7,10-11,13,15-18H2,1H3,(H,34,41)(H,33,35,36)/t20-,21-/m0/s1. The molecule has 1 saturated heterocycles. The van der Waals surface area contributed by atoms with Crippen LogP contribution in [0.1, 0.15) is 41.0 Å². The molecule has 1 aliphatic heterocycles. The molecular formula is C29H35ClN8O9. The minimum Gasteiger partial charge on any atom is -0.495 e. The van der Waals surface area contributed by atoms with E-state index < -0.39 is 29.7 Å². The van der Waals surface area contributed by atoms with Crippen molar-refractivity contribution in [2.45, 2.75) is 44.5 Å². The number of carbonyl (C=O) groups is 2. The zero-order valence-electron chi connectivity index (χ0n) is 25.5. The van der Waals surface area contributed by atoms with Crippen molar-refractivity contribution in [2.75, 3.05) is 50.3 Å². The number of amides is 1. The van der Waals surface area contributed by atoms with Gasteiger partial charge in [0.05, 0.1) is 44.4 Å². The molecule has 18 heteroatoms. The third kappa shape index (κ3) is 10.9. The number of nitrogens with one attached hydrogen (secondary N) is 2. The van der Waals surface area contributed by atoms with Gasteiger partial charge in [-0.05, 0) is 36.6 Å². The fourth-order valence-electron chi connectivity index (χ4n) is 4.60. The molecule has 0 bridgehead atoms. The van der Waals surface area contributed by atoms with E-state index in [1.807, 2.05) is 11.0 Å². The Labute approximate surface area is 274 Å². The van der Waals surface area contributed by atoms with E-state index in [4.69, 9.17) is 30.8 Å². The molecule has 2 aromatic heterocycles. The maximum atomic E-state index is 13.2. The Kier molecular flexibility index (Phi) is 13.2. The predicted molar refractivity (Wildman–Crippen MR) is 166 cm³/mol. The largest absolute Gasteiger partial charge is 0.495 e. The van der Waals surface area contributed by atoms with Crippen molar-refractivity contribution >= 4 is 35.2 Å². The number of rotatable bonds is 18. The maximum absolute atomic E-state index is 13.2. The molecule has 1 aromatic carbocycles. The number of aliphatic hydroxyl groups excluding tert-OH is 1. The summed E-state index contributed by atoms with van der Waals surface area (Å²) in [5.74, 6) is 0.696. The van der Waals surface area contributed by atoms with Crippen LogP contribution in [-0.4, -0.2) is 94.2 Å². The van der Waals surface area contributed by atoms with Crippen LogP contribution in [-0.2, 0) is 32.2 Å². The minimum absolute atomic E-state index is 0.0415. The number of ether oxygens (including phenoxy) is 3. The summed E-state index contributed by atoms with van der Waals surface area (Å²) in [4.78, 5) is 59.1. The van der Waals surface area contributed by atoms with Crippen molar-refractivity contribution in [3.8, 4) is 5.75 Å². The van der Waals surface area contributed by atoms with Gasteiger partial charge in [-0.2, -0.15) is 4.98 Å². The lowest BCUT2D eigenvalue weighted by Crippen LogP contribution is -2.35. The summed E-state index contributed by atoms with van der Waals surface area (Å²) >= 11 is 6.30. The summed E-state index contributed by atoms with van der Waals surface area (Å²) in [6.07, 6.45) is 4.87. The van der Waals surface area contributed by atoms with Crippen molar-refractivity contribution in [2.24, 2.45) is 0 Å². The lowest BCUT2D eigenvalue weighted by atomic mass is 10.2. The van der Waals surface area contributed by atoms with Gasteiger partial charge in [0.25, 0.3) is 11.0 Å². The summed E-state index contributed by atoms with van der Waals surface area (Å²) in [7, 11) is 1.53. The van der Waals surface area contributed by atoms with Gasteiger partial charge in [-0.1, -0.05) is 17.7 Å². The van der Waals surface area contributed by atoms with Crippen molar-refractivity contribution in [3.63, 3.8) is 0 Å². The second-order valence-corrected chi connectivity index (χ2v) is 10.7. The second-order valence-electron chi connectivity index (χ2n) is 10.3. The predicted octanol–water partition coefficient (Wildman–Crippen LogP) is 1.96. The first-order valence-electron chi connectivity index (χ1n) is 14.7. The maximum Gasteiger partial charge on any atom is 0.308 e. The molecule has 47 heavy (non-hydrogen) atoms.